The van der Waals surface area contributed by atoms with Gasteiger partial charge in [0.25, 0.3) is 0 Å². The van der Waals surface area contributed by atoms with E-state index >= 15 is 0 Å². The number of aromatic nitrogens is 2. The maximum Gasteiger partial charge on any atom is 0.241 e. The van der Waals surface area contributed by atoms with E-state index in [0.717, 1.165) is 31.6 Å². The van der Waals surface area contributed by atoms with E-state index in [9.17, 15) is 4.79 Å². The summed E-state index contributed by atoms with van der Waals surface area (Å²) in [5.74, 6) is 0.0860. The van der Waals surface area contributed by atoms with Gasteiger partial charge in [0, 0.05) is 24.6 Å². The van der Waals surface area contributed by atoms with Gasteiger partial charge in [0.05, 0.1) is 12.6 Å². The fourth-order valence-electron chi connectivity index (χ4n) is 2.77. The van der Waals surface area contributed by atoms with Crippen molar-refractivity contribution in [1.82, 2.24) is 14.7 Å². The van der Waals surface area contributed by atoms with E-state index < -0.39 is 0 Å². The van der Waals surface area contributed by atoms with Crippen molar-refractivity contribution in [2.45, 2.75) is 25.4 Å². The van der Waals surface area contributed by atoms with Gasteiger partial charge in [-0.15, -0.1) is 0 Å². The monoisotopic (exact) mass is 284 g/mol. The quantitative estimate of drug-likeness (QED) is 0.931. The molecule has 1 amide bonds. The Hall–Kier alpha value is -2.14. The van der Waals surface area contributed by atoms with Crippen LogP contribution in [0.3, 0.4) is 0 Å². The lowest BCUT2D eigenvalue weighted by atomic mass is 10.1. The molecule has 2 aromatic rings. The molecule has 3 rings (SSSR count). The Bertz CT molecular complexity index is 608. The lowest BCUT2D eigenvalue weighted by molar-refractivity contribution is -0.121. The van der Waals surface area contributed by atoms with Crippen molar-refractivity contribution in [2.75, 3.05) is 18.9 Å². The van der Waals surface area contributed by atoms with Crippen molar-refractivity contribution in [1.29, 1.82) is 0 Å². The number of benzene rings is 1. The predicted octanol–water partition coefficient (Wildman–Crippen LogP) is 1.77. The molecule has 110 valence electrons. The molecule has 1 aromatic heterocycles. The minimum Gasteiger partial charge on any atom is -0.324 e. The van der Waals surface area contributed by atoms with Crippen LogP contribution in [0.4, 0.5) is 5.69 Å². The van der Waals surface area contributed by atoms with Crippen molar-refractivity contribution >= 4 is 11.6 Å². The largest absolute Gasteiger partial charge is 0.324 e. The zero-order chi connectivity index (χ0) is 14.7. The van der Waals surface area contributed by atoms with E-state index in [1.54, 1.807) is 6.20 Å². The second-order valence-electron chi connectivity index (χ2n) is 5.45. The van der Waals surface area contributed by atoms with Crippen LogP contribution in [0.15, 0.2) is 42.7 Å². The molecule has 0 spiro atoms. The van der Waals surface area contributed by atoms with Gasteiger partial charge in [0.15, 0.2) is 0 Å². The molecule has 0 saturated heterocycles. The molecule has 1 atom stereocenters. The number of rotatable bonds is 4. The second-order valence-corrected chi connectivity index (χ2v) is 5.45. The predicted molar refractivity (Wildman–Crippen MR) is 82.0 cm³/mol. The Balaban J connectivity index is 1.64. The number of likely N-dealkylation sites (N-methyl/N-ethyl adjacent to an activating group) is 1. The highest BCUT2D eigenvalue weighted by molar-refractivity contribution is 5.96. The molecule has 21 heavy (non-hydrogen) atoms. The molecule has 2 heterocycles. The average Bonchev–Trinajstić information content (AvgIpc) is 2.94. The van der Waals surface area contributed by atoms with Crippen molar-refractivity contribution in [3.63, 3.8) is 0 Å². The van der Waals surface area contributed by atoms with Crippen molar-refractivity contribution in [2.24, 2.45) is 0 Å². The van der Waals surface area contributed by atoms with E-state index in [1.807, 2.05) is 42.2 Å². The number of carbonyl (C=O) groups is 1. The van der Waals surface area contributed by atoms with Crippen LogP contribution in [0.25, 0.3) is 0 Å². The Kier molecular flexibility index (Phi) is 4.01. The normalized spacial score (nSPS) is 18.2. The Morgan fingerprint density at radius 2 is 2.24 bits per heavy atom. The van der Waals surface area contributed by atoms with Crippen LogP contribution in [0, 0.1) is 0 Å². The lowest BCUT2D eigenvalue weighted by Crippen LogP contribution is -2.42. The molecule has 5 nitrogen and oxygen atoms in total. The van der Waals surface area contributed by atoms with Crippen molar-refractivity contribution in [3.05, 3.63) is 48.3 Å². The van der Waals surface area contributed by atoms with E-state index in [1.165, 1.54) is 5.56 Å². The number of anilines is 1. The molecular weight excluding hydrogens is 264 g/mol. The molecule has 0 aliphatic carbocycles. The number of aryl methyl sites for hydroxylation is 1. The first-order valence-electron chi connectivity index (χ1n) is 7.30. The van der Waals surface area contributed by atoms with Gasteiger partial charge in [0.2, 0.25) is 5.91 Å². The van der Waals surface area contributed by atoms with E-state index in [2.05, 4.69) is 21.4 Å². The minimum absolute atomic E-state index is 0.0860. The summed E-state index contributed by atoms with van der Waals surface area (Å²) in [5, 5.41) is 7.24. The zero-order valence-corrected chi connectivity index (χ0v) is 12.2. The molecule has 5 heteroatoms. The number of para-hydroxylation sites is 1. The Morgan fingerprint density at radius 1 is 1.38 bits per heavy atom. The molecule has 1 N–H and O–H groups in total. The smallest absolute Gasteiger partial charge is 0.241 e. The number of carbonyl (C=O) groups excluding carboxylic acids is 1. The number of nitrogens with one attached hydrogen (secondary N) is 1. The highest BCUT2D eigenvalue weighted by Gasteiger charge is 2.26. The van der Waals surface area contributed by atoms with Gasteiger partial charge >= 0.3 is 0 Å². The average molecular weight is 284 g/mol. The zero-order valence-electron chi connectivity index (χ0n) is 12.2. The van der Waals surface area contributed by atoms with Crippen LogP contribution >= 0.6 is 0 Å². The topological polar surface area (TPSA) is 50.2 Å². The summed E-state index contributed by atoms with van der Waals surface area (Å²) in [7, 11) is 2.00. The summed E-state index contributed by atoms with van der Waals surface area (Å²) in [6, 6.07) is 9.86. The second kappa shape index (κ2) is 6.10. The van der Waals surface area contributed by atoms with E-state index in [4.69, 9.17) is 0 Å². The summed E-state index contributed by atoms with van der Waals surface area (Å²) in [4.78, 5) is 14.5. The summed E-state index contributed by atoms with van der Waals surface area (Å²) in [6.07, 6.45) is 5.48. The fraction of sp³-hybridized carbons (Fsp3) is 0.375. The summed E-state index contributed by atoms with van der Waals surface area (Å²) in [6.45, 7) is 1.59. The standard InChI is InChI=1S/C16H20N4O/c1-19(11-12-20-10-4-9-17-20)15-8-7-13-5-2-3-6-14(13)18-16(15)21/h2-6,9-10,15H,7-8,11-12H2,1H3,(H,18,21)/t15-/m0/s1. The molecule has 0 unspecified atom stereocenters. The minimum atomic E-state index is -0.0898. The van der Waals surface area contributed by atoms with Crippen LogP contribution in [0.5, 0.6) is 0 Å². The number of nitrogens with zero attached hydrogens (tertiary/aromatic N) is 3. The Morgan fingerprint density at radius 3 is 3.05 bits per heavy atom. The van der Waals surface area contributed by atoms with Gasteiger partial charge < -0.3 is 5.32 Å². The fourth-order valence-corrected chi connectivity index (χ4v) is 2.77. The van der Waals surface area contributed by atoms with E-state index in [-0.39, 0.29) is 11.9 Å². The molecule has 0 bridgehead atoms. The summed E-state index contributed by atoms with van der Waals surface area (Å²) in [5.41, 5.74) is 2.17. The molecule has 0 fully saturated rings. The highest BCUT2D eigenvalue weighted by atomic mass is 16.2. The maximum absolute atomic E-state index is 12.4. The third-order valence-corrected chi connectivity index (χ3v) is 4.04. The number of hydrogen-bond donors (Lipinski definition) is 1. The van der Waals surface area contributed by atoms with Gasteiger partial charge in [-0.1, -0.05) is 18.2 Å². The SMILES string of the molecule is CN(CCn1cccn1)[C@H]1CCc2ccccc2NC1=O. The number of amides is 1. The van der Waals surface area contributed by atoms with Crippen molar-refractivity contribution < 1.29 is 4.79 Å². The lowest BCUT2D eigenvalue weighted by Gasteiger charge is -2.25. The maximum atomic E-state index is 12.4. The van der Waals surface area contributed by atoms with Gasteiger partial charge in [-0.3, -0.25) is 14.4 Å². The summed E-state index contributed by atoms with van der Waals surface area (Å²) < 4.78 is 1.89. The Labute approximate surface area is 124 Å². The first kappa shape index (κ1) is 13.8. The first-order valence-corrected chi connectivity index (χ1v) is 7.30. The van der Waals surface area contributed by atoms with Crippen LogP contribution in [-0.2, 0) is 17.8 Å². The van der Waals surface area contributed by atoms with E-state index in [0.29, 0.717) is 0 Å². The summed E-state index contributed by atoms with van der Waals surface area (Å²) >= 11 is 0. The number of hydrogen-bond acceptors (Lipinski definition) is 3. The first-order chi connectivity index (χ1) is 10.2. The molecule has 1 aliphatic rings. The molecule has 0 radical (unpaired) electrons. The number of fused-ring (bicyclic) bond motifs is 1. The van der Waals surface area contributed by atoms with Gasteiger partial charge in [-0.05, 0) is 37.6 Å². The van der Waals surface area contributed by atoms with Gasteiger partial charge in [-0.25, -0.2) is 0 Å². The molecule has 1 aromatic carbocycles. The van der Waals surface area contributed by atoms with Gasteiger partial charge in [0.1, 0.15) is 0 Å². The molecule has 1 aliphatic heterocycles. The third-order valence-electron chi connectivity index (χ3n) is 4.04. The van der Waals surface area contributed by atoms with Crippen LogP contribution in [-0.4, -0.2) is 40.2 Å². The highest BCUT2D eigenvalue weighted by Crippen LogP contribution is 2.23. The van der Waals surface area contributed by atoms with Crippen molar-refractivity contribution in [3.8, 4) is 0 Å². The van der Waals surface area contributed by atoms with Crippen LogP contribution in [0.1, 0.15) is 12.0 Å². The van der Waals surface area contributed by atoms with Crippen LogP contribution in [0.2, 0.25) is 0 Å². The van der Waals surface area contributed by atoms with Gasteiger partial charge in [-0.2, -0.15) is 5.10 Å². The molecule has 0 saturated carbocycles. The van der Waals surface area contributed by atoms with Crippen LogP contribution < -0.4 is 5.32 Å². The third kappa shape index (κ3) is 3.13. The molecular formula is C16H20N4O.